The van der Waals surface area contributed by atoms with Gasteiger partial charge in [-0.1, -0.05) is 0 Å². The van der Waals surface area contributed by atoms with Gasteiger partial charge in [0.1, 0.15) is 0 Å². The molecule has 0 N–H and O–H groups in total. The summed E-state index contributed by atoms with van der Waals surface area (Å²) >= 11 is 0. The van der Waals surface area contributed by atoms with E-state index >= 15 is 0 Å². The van der Waals surface area contributed by atoms with Gasteiger partial charge in [0.2, 0.25) is 0 Å². The van der Waals surface area contributed by atoms with Crippen molar-refractivity contribution in [3.8, 4) is 0 Å². The first kappa shape index (κ1) is 13.7. The second-order valence-electron chi connectivity index (χ2n) is 6.36. The normalized spacial score (nSPS) is 16.9. The summed E-state index contributed by atoms with van der Waals surface area (Å²) in [4.78, 5) is 0. The molecule has 0 atom stereocenters. The standard InChI is InChI=1S/C19H21N2P/c1-15(2)21-18-14-22(19(18)13-20-21,16-9-5-3-6-10-16)17-11-7-4-8-12-17/h3-13,15,22H,14H2,1-2H3. The van der Waals surface area contributed by atoms with Crippen LogP contribution < -0.4 is 15.9 Å². The van der Waals surface area contributed by atoms with Crippen molar-refractivity contribution in [2.75, 3.05) is 0 Å². The molecule has 0 unspecified atom stereocenters. The van der Waals surface area contributed by atoms with E-state index in [1.165, 1.54) is 21.6 Å². The SMILES string of the molecule is CC(C)n1ncc2c1C[PH]2(c1ccccc1)c1ccccc1. The zero-order valence-electron chi connectivity index (χ0n) is 13.0. The molecular formula is C19H21N2P. The molecule has 112 valence electrons. The molecule has 3 aromatic rings. The van der Waals surface area contributed by atoms with Crippen LogP contribution in [0.1, 0.15) is 25.6 Å². The molecule has 3 heteroatoms. The van der Waals surface area contributed by atoms with Crippen molar-refractivity contribution in [1.29, 1.82) is 0 Å². The summed E-state index contributed by atoms with van der Waals surface area (Å²) in [6, 6.07) is 22.5. The van der Waals surface area contributed by atoms with Gasteiger partial charge >= 0.3 is 132 Å². The van der Waals surface area contributed by atoms with E-state index in [0.717, 1.165) is 6.16 Å². The van der Waals surface area contributed by atoms with E-state index in [1.807, 2.05) is 0 Å². The number of nitrogens with zero attached hydrogens (tertiary/aromatic N) is 2. The molecule has 0 radical (unpaired) electrons. The van der Waals surface area contributed by atoms with Gasteiger partial charge < -0.3 is 0 Å². The Bertz CT molecular complexity index is 751. The maximum absolute atomic E-state index is 4.67. The van der Waals surface area contributed by atoms with Crippen LogP contribution in [0.5, 0.6) is 0 Å². The maximum atomic E-state index is 4.67. The number of hydrogen-bond acceptors (Lipinski definition) is 1. The fourth-order valence-corrected chi connectivity index (χ4v) is 8.34. The number of benzene rings is 2. The Morgan fingerprint density at radius 2 is 1.45 bits per heavy atom. The van der Waals surface area contributed by atoms with Crippen LogP contribution in [0.4, 0.5) is 0 Å². The molecule has 0 saturated heterocycles. The summed E-state index contributed by atoms with van der Waals surface area (Å²) in [5.74, 6) is 0. The van der Waals surface area contributed by atoms with Gasteiger partial charge in [0, 0.05) is 0 Å². The van der Waals surface area contributed by atoms with Crippen LogP contribution in [0, 0.1) is 0 Å². The Morgan fingerprint density at radius 1 is 0.909 bits per heavy atom. The molecule has 2 aromatic carbocycles. The first-order chi connectivity index (χ1) is 10.7. The van der Waals surface area contributed by atoms with Crippen molar-refractivity contribution in [3.05, 3.63) is 72.6 Å². The summed E-state index contributed by atoms with van der Waals surface area (Å²) < 4.78 is 2.20. The molecule has 22 heavy (non-hydrogen) atoms. The van der Waals surface area contributed by atoms with E-state index in [1.54, 1.807) is 0 Å². The van der Waals surface area contributed by atoms with E-state index < -0.39 is 7.26 Å². The molecule has 1 aromatic heterocycles. The molecule has 1 aliphatic rings. The molecule has 1 aliphatic heterocycles. The monoisotopic (exact) mass is 308 g/mol. The Morgan fingerprint density at radius 3 is 1.95 bits per heavy atom. The van der Waals surface area contributed by atoms with Gasteiger partial charge in [-0.25, -0.2) is 0 Å². The number of hydrogen-bond donors (Lipinski definition) is 0. The molecular weight excluding hydrogens is 287 g/mol. The Hall–Kier alpha value is -1.92. The zero-order chi connectivity index (χ0) is 15.2. The first-order valence-corrected chi connectivity index (χ1v) is 10.1. The molecule has 0 bridgehead atoms. The van der Waals surface area contributed by atoms with Crippen molar-refractivity contribution in [3.63, 3.8) is 0 Å². The molecule has 0 aliphatic carbocycles. The van der Waals surface area contributed by atoms with Crippen molar-refractivity contribution < 1.29 is 0 Å². The summed E-state index contributed by atoms with van der Waals surface area (Å²) in [5.41, 5.74) is 1.44. The van der Waals surface area contributed by atoms with Crippen LogP contribution in [0.2, 0.25) is 0 Å². The van der Waals surface area contributed by atoms with Gasteiger partial charge in [-0.3, -0.25) is 0 Å². The molecule has 2 heterocycles. The van der Waals surface area contributed by atoms with Crippen LogP contribution in [0.15, 0.2) is 66.9 Å². The van der Waals surface area contributed by atoms with Crippen LogP contribution in [0.3, 0.4) is 0 Å². The van der Waals surface area contributed by atoms with Crippen LogP contribution >= 0.6 is 7.26 Å². The van der Waals surface area contributed by atoms with Gasteiger partial charge in [0.25, 0.3) is 0 Å². The summed E-state index contributed by atoms with van der Waals surface area (Å²) in [6.07, 6.45) is 3.29. The second-order valence-corrected chi connectivity index (χ2v) is 10.2. The zero-order valence-corrected chi connectivity index (χ0v) is 14.0. The summed E-state index contributed by atoms with van der Waals surface area (Å²) in [7, 11) is -1.82. The van der Waals surface area contributed by atoms with Crippen LogP contribution in [-0.4, -0.2) is 9.78 Å². The van der Waals surface area contributed by atoms with Crippen molar-refractivity contribution in [2.45, 2.75) is 26.1 Å². The first-order valence-electron chi connectivity index (χ1n) is 7.91. The van der Waals surface area contributed by atoms with Crippen molar-refractivity contribution in [2.24, 2.45) is 0 Å². The molecule has 0 amide bonds. The van der Waals surface area contributed by atoms with Crippen molar-refractivity contribution in [1.82, 2.24) is 9.78 Å². The quantitative estimate of drug-likeness (QED) is 0.680. The fraction of sp³-hybridized carbons (Fsp3) is 0.211. The van der Waals surface area contributed by atoms with E-state index in [9.17, 15) is 0 Å². The average Bonchev–Trinajstić information content (AvgIpc) is 2.88. The molecule has 4 rings (SSSR count). The summed E-state index contributed by atoms with van der Waals surface area (Å²) in [6.45, 7) is 4.42. The Balaban J connectivity index is 1.93. The average molecular weight is 308 g/mol. The Kier molecular flexibility index (Phi) is 3.16. The Labute approximate surface area is 132 Å². The van der Waals surface area contributed by atoms with E-state index in [4.69, 9.17) is 0 Å². The minimum absolute atomic E-state index is 0.433. The van der Waals surface area contributed by atoms with Gasteiger partial charge in [-0.15, -0.1) is 0 Å². The van der Waals surface area contributed by atoms with Gasteiger partial charge in [-0.2, -0.15) is 0 Å². The number of aromatic nitrogens is 2. The predicted octanol–water partition coefficient (Wildman–Crippen LogP) is 3.00. The molecule has 0 saturated carbocycles. The van der Waals surface area contributed by atoms with E-state index in [0.29, 0.717) is 6.04 Å². The third-order valence-corrected chi connectivity index (χ3v) is 9.65. The minimum atomic E-state index is -1.82. The number of fused-ring (bicyclic) bond motifs is 1. The number of rotatable bonds is 3. The summed E-state index contributed by atoms with van der Waals surface area (Å²) in [5, 5.41) is 9.17. The van der Waals surface area contributed by atoms with E-state index in [2.05, 4.69) is 90.5 Å². The molecule has 0 spiro atoms. The second kappa shape index (κ2) is 5.07. The van der Waals surface area contributed by atoms with Crippen LogP contribution in [-0.2, 0) is 6.16 Å². The predicted molar refractivity (Wildman–Crippen MR) is 96.4 cm³/mol. The van der Waals surface area contributed by atoms with Crippen molar-refractivity contribution >= 4 is 23.2 Å². The fourth-order valence-electron chi connectivity index (χ4n) is 3.73. The molecule has 2 nitrogen and oxygen atoms in total. The van der Waals surface area contributed by atoms with E-state index in [-0.39, 0.29) is 0 Å². The van der Waals surface area contributed by atoms with Gasteiger partial charge in [-0.05, 0) is 0 Å². The van der Waals surface area contributed by atoms with Gasteiger partial charge in [0.05, 0.1) is 0 Å². The third-order valence-electron chi connectivity index (χ3n) is 4.81. The third kappa shape index (κ3) is 1.80. The van der Waals surface area contributed by atoms with Gasteiger partial charge in [0.15, 0.2) is 0 Å². The topological polar surface area (TPSA) is 17.8 Å². The van der Waals surface area contributed by atoms with Crippen LogP contribution in [0.25, 0.3) is 0 Å². The molecule has 0 fully saturated rings.